The van der Waals surface area contributed by atoms with Gasteiger partial charge in [-0.15, -0.1) is 11.3 Å². The number of fused-ring (bicyclic) bond motifs is 11. The van der Waals surface area contributed by atoms with Crippen molar-refractivity contribution in [3.8, 4) is 33.4 Å². The zero-order valence-electron chi connectivity index (χ0n) is 31.3. The number of benzene rings is 11. The van der Waals surface area contributed by atoms with E-state index in [0.29, 0.717) is 0 Å². The molecule has 58 heavy (non-hydrogen) atoms. The second kappa shape index (κ2) is 12.1. The molecule has 0 aliphatic carbocycles. The first-order valence-electron chi connectivity index (χ1n) is 19.9. The number of rotatable bonds is 3. The Morgan fingerprint density at radius 1 is 0.310 bits per heavy atom. The minimum absolute atomic E-state index is 0.924. The van der Waals surface area contributed by atoms with Crippen LogP contribution in [0.4, 0.5) is 0 Å². The van der Waals surface area contributed by atoms with Crippen molar-refractivity contribution < 1.29 is 4.42 Å². The van der Waals surface area contributed by atoms with Crippen LogP contribution in [0.2, 0.25) is 0 Å². The molecule has 0 aliphatic rings. The van der Waals surface area contributed by atoms with Crippen LogP contribution in [0.5, 0.6) is 0 Å². The van der Waals surface area contributed by atoms with Crippen molar-refractivity contribution in [2.45, 2.75) is 0 Å². The Bertz CT molecular complexity index is 3800. The molecule has 0 saturated heterocycles. The van der Waals surface area contributed by atoms with Gasteiger partial charge in [-0.25, -0.2) is 0 Å². The fourth-order valence-corrected chi connectivity index (χ4v) is 11.0. The molecule has 0 unspecified atom stereocenters. The summed E-state index contributed by atoms with van der Waals surface area (Å²) in [5.41, 5.74) is 9.24. The van der Waals surface area contributed by atoms with Crippen molar-refractivity contribution in [3.05, 3.63) is 194 Å². The zero-order chi connectivity index (χ0) is 37.9. The lowest BCUT2D eigenvalue weighted by atomic mass is 9.84. The Morgan fingerprint density at radius 3 is 1.55 bits per heavy atom. The predicted molar refractivity (Wildman–Crippen MR) is 250 cm³/mol. The maximum absolute atomic E-state index is 6.91. The van der Waals surface area contributed by atoms with Crippen molar-refractivity contribution in [2.75, 3.05) is 0 Å². The monoisotopic (exact) mass is 752 g/mol. The quantitative estimate of drug-likeness (QED) is 0.164. The van der Waals surface area contributed by atoms with E-state index in [1.165, 1.54) is 102 Å². The molecule has 2 aromatic heterocycles. The number of furan rings is 1. The molecule has 2 heterocycles. The zero-order valence-corrected chi connectivity index (χ0v) is 32.1. The number of hydrogen-bond donors (Lipinski definition) is 0. The lowest BCUT2D eigenvalue weighted by Crippen LogP contribution is -1.91. The van der Waals surface area contributed by atoms with Gasteiger partial charge in [-0.05, 0) is 118 Å². The van der Waals surface area contributed by atoms with Crippen LogP contribution in [0, 0.1) is 0 Å². The third-order valence-corrected chi connectivity index (χ3v) is 13.5. The lowest BCUT2D eigenvalue weighted by Gasteiger charge is -2.19. The number of hydrogen-bond acceptors (Lipinski definition) is 2. The van der Waals surface area contributed by atoms with E-state index < -0.39 is 0 Å². The molecule has 2 heteroatoms. The average Bonchev–Trinajstić information content (AvgIpc) is 3.83. The van der Waals surface area contributed by atoms with Gasteiger partial charge in [-0.2, -0.15) is 0 Å². The molecule has 0 bridgehead atoms. The molecule has 0 radical (unpaired) electrons. The summed E-state index contributed by atoms with van der Waals surface area (Å²) in [6.07, 6.45) is 0. The van der Waals surface area contributed by atoms with Crippen LogP contribution in [0.25, 0.3) is 129 Å². The third-order valence-electron chi connectivity index (χ3n) is 12.4. The summed E-state index contributed by atoms with van der Waals surface area (Å²) in [4.78, 5) is 0. The van der Waals surface area contributed by atoms with Gasteiger partial charge in [0.1, 0.15) is 11.2 Å². The second-order valence-corrected chi connectivity index (χ2v) is 16.6. The molecular weight excluding hydrogens is 721 g/mol. The molecule has 268 valence electrons. The first-order chi connectivity index (χ1) is 28.7. The van der Waals surface area contributed by atoms with E-state index in [1.807, 2.05) is 11.3 Å². The highest BCUT2D eigenvalue weighted by Crippen LogP contribution is 2.49. The van der Waals surface area contributed by atoms with Gasteiger partial charge in [0.05, 0.1) is 0 Å². The van der Waals surface area contributed by atoms with Gasteiger partial charge in [-0.1, -0.05) is 158 Å². The Balaban J connectivity index is 1.04. The van der Waals surface area contributed by atoms with Crippen molar-refractivity contribution in [3.63, 3.8) is 0 Å². The molecule has 13 rings (SSSR count). The maximum atomic E-state index is 6.91. The van der Waals surface area contributed by atoms with Crippen LogP contribution in [0.15, 0.2) is 199 Å². The summed E-state index contributed by atoms with van der Waals surface area (Å²) < 4.78 is 9.48. The van der Waals surface area contributed by atoms with Crippen LogP contribution in [0.3, 0.4) is 0 Å². The van der Waals surface area contributed by atoms with Gasteiger partial charge in [0.25, 0.3) is 0 Å². The van der Waals surface area contributed by atoms with Crippen molar-refractivity contribution >= 4 is 107 Å². The van der Waals surface area contributed by atoms with Gasteiger partial charge in [0.2, 0.25) is 0 Å². The topological polar surface area (TPSA) is 13.1 Å². The predicted octanol–water partition coefficient (Wildman–Crippen LogP) is 16.7. The molecule has 0 amide bonds. The van der Waals surface area contributed by atoms with Gasteiger partial charge in [-0.3, -0.25) is 0 Å². The van der Waals surface area contributed by atoms with E-state index in [4.69, 9.17) is 4.42 Å². The molecular formula is C56H32OS. The Morgan fingerprint density at radius 2 is 0.845 bits per heavy atom. The van der Waals surface area contributed by atoms with E-state index in [1.54, 1.807) is 0 Å². The van der Waals surface area contributed by atoms with E-state index in [9.17, 15) is 0 Å². The van der Waals surface area contributed by atoms with Crippen LogP contribution in [-0.2, 0) is 0 Å². The van der Waals surface area contributed by atoms with Crippen LogP contribution < -0.4 is 0 Å². The average molecular weight is 753 g/mol. The highest BCUT2D eigenvalue weighted by atomic mass is 32.1. The van der Waals surface area contributed by atoms with Crippen molar-refractivity contribution in [2.24, 2.45) is 0 Å². The fraction of sp³-hybridized carbons (Fsp3) is 0. The fourth-order valence-electron chi connectivity index (χ4n) is 9.80. The maximum Gasteiger partial charge on any atom is 0.143 e. The van der Waals surface area contributed by atoms with E-state index in [2.05, 4.69) is 194 Å². The standard InChI is InChI=1S/C56H32OS/c1-2-14-35-31-49-47(30-34(35)13-1)48-32-51-55(46-21-9-10-23-50(46)58-51)53(56(48)57-49)39-27-25-36-28-38(26-24-37(36)29-39)52-42-17-5-7-19-44(42)54(45-20-8-6-18-43(45)52)41-22-11-15-33-12-3-4-16-40(33)41/h1-32H. The van der Waals surface area contributed by atoms with Crippen LogP contribution >= 0.6 is 11.3 Å². The van der Waals surface area contributed by atoms with Crippen LogP contribution in [0.1, 0.15) is 0 Å². The van der Waals surface area contributed by atoms with Crippen LogP contribution in [-0.4, -0.2) is 0 Å². The summed E-state index contributed by atoms with van der Waals surface area (Å²) in [7, 11) is 0. The molecule has 13 aromatic rings. The molecule has 0 atom stereocenters. The summed E-state index contributed by atoms with van der Waals surface area (Å²) in [6.45, 7) is 0. The molecule has 0 spiro atoms. The molecule has 0 N–H and O–H groups in total. The normalized spacial score (nSPS) is 12.1. The van der Waals surface area contributed by atoms with Crippen molar-refractivity contribution in [1.29, 1.82) is 0 Å². The lowest BCUT2D eigenvalue weighted by molar-refractivity contribution is 0.671. The van der Waals surface area contributed by atoms with E-state index >= 15 is 0 Å². The van der Waals surface area contributed by atoms with Gasteiger partial charge in [0.15, 0.2) is 0 Å². The molecule has 0 aliphatic heterocycles. The first kappa shape index (κ1) is 31.9. The molecule has 0 saturated carbocycles. The third kappa shape index (κ3) is 4.58. The van der Waals surface area contributed by atoms with E-state index in [0.717, 1.165) is 27.5 Å². The summed E-state index contributed by atoms with van der Waals surface area (Å²) in [5, 5.41) is 17.3. The minimum Gasteiger partial charge on any atom is -0.455 e. The Kier molecular flexibility index (Phi) is 6.66. The summed E-state index contributed by atoms with van der Waals surface area (Å²) >= 11 is 1.86. The SMILES string of the molecule is c1ccc2cc3c(cc2c1)oc1c(-c2ccc4cc(-c5c6ccccc6c(-c6cccc7ccccc67)c6ccccc56)ccc4c2)c2c(cc13)sc1ccccc12. The highest BCUT2D eigenvalue weighted by Gasteiger charge is 2.22. The molecule has 1 nitrogen and oxygen atoms in total. The summed E-state index contributed by atoms with van der Waals surface area (Å²) in [5.74, 6) is 0. The smallest absolute Gasteiger partial charge is 0.143 e. The summed E-state index contributed by atoms with van der Waals surface area (Å²) in [6, 6.07) is 71.5. The largest absolute Gasteiger partial charge is 0.455 e. The number of thiophene rings is 1. The van der Waals surface area contributed by atoms with E-state index in [-0.39, 0.29) is 0 Å². The van der Waals surface area contributed by atoms with Gasteiger partial charge in [0, 0.05) is 36.5 Å². The second-order valence-electron chi connectivity index (χ2n) is 15.5. The molecule has 0 fully saturated rings. The van der Waals surface area contributed by atoms with Gasteiger partial charge >= 0.3 is 0 Å². The van der Waals surface area contributed by atoms with Gasteiger partial charge < -0.3 is 4.42 Å². The Hall–Kier alpha value is -7.26. The molecule has 11 aromatic carbocycles. The Labute approximate surface area is 337 Å². The van der Waals surface area contributed by atoms with Crippen molar-refractivity contribution in [1.82, 2.24) is 0 Å². The highest BCUT2D eigenvalue weighted by molar-refractivity contribution is 7.26. The first-order valence-corrected chi connectivity index (χ1v) is 20.7. The minimum atomic E-state index is 0.924.